The van der Waals surface area contributed by atoms with Crippen LogP contribution in [0.15, 0.2) is 29.0 Å². The summed E-state index contributed by atoms with van der Waals surface area (Å²) in [5, 5.41) is 15.1. The molecule has 6 heteroatoms. The van der Waals surface area contributed by atoms with E-state index in [1.807, 2.05) is 29.0 Å². The third-order valence-corrected chi connectivity index (χ3v) is 4.23. The van der Waals surface area contributed by atoms with E-state index in [0.29, 0.717) is 6.54 Å². The minimum Gasteiger partial charge on any atom is -0.390 e. The van der Waals surface area contributed by atoms with Gasteiger partial charge in [0.05, 0.1) is 6.54 Å². The predicted octanol–water partition coefficient (Wildman–Crippen LogP) is 3.19. The van der Waals surface area contributed by atoms with Crippen molar-refractivity contribution in [3.63, 3.8) is 0 Å². The van der Waals surface area contributed by atoms with Crippen LogP contribution in [0.2, 0.25) is 0 Å². The molecule has 0 unspecified atom stereocenters. The minimum absolute atomic E-state index is 0.394. The van der Waals surface area contributed by atoms with Gasteiger partial charge in [-0.05, 0) is 22.9 Å². The Kier molecular flexibility index (Phi) is 4.45. The normalized spacial score (nSPS) is 11.9. The van der Waals surface area contributed by atoms with Crippen molar-refractivity contribution in [3.8, 4) is 10.4 Å². The molecule has 0 radical (unpaired) electrons. The lowest BCUT2D eigenvalue weighted by Gasteiger charge is -2.13. The lowest BCUT2D eigenvalue weighted by Crippen LogP contribution is -2.35. The van der Waals surface area contributed by atoms with Crippen molar-refractivity contribution in [1.29, 1.82) is 0 Å². The standard InChI is InChI=1S/C12H13F2NOS2/c13-12(14,8-16)7-15-5-10-4-9(6-18-10)11-2-1-3-17-11/h1-4,6,15-16H,5,7-8H2. The summed E-state index contributed by atoms with van der Waals surface area (Å²) in [5.74, 6) is -3.05. The van der Waals surface area contributed by atoms with E-state index >= 15 is 0 Å². The van der Waals surface area contributed by atoms with Crippen LogP contribution >= 0.6 is 22.7 Å². The number of hydrogen-bond donors (Lipinski definition) is 2. The first-order valence-corrected chi connectivity index (χ1v) is 7.17. The van der Waals surface area contributed by atoms with Crippen LogP contribution in [-0.2, 0) is 6.54 Å². The van der Waals surface area contributed by atoms with Gasteiger partial charge in [0.25, 0.3) is 5.92 Å². The summed E-state index contributed by atoms with van der Waals surface area (Å²) in [5.41, 5.74) is 1.13. The van der Waals surface area contributed by atoms with E-state index < -0.39 is 19.1 Å². The molecule has 0 fully saturated rings. The Bertz CT molecular complexity index is 482. The maximum Gasteiger partial charge on any atom is 0.282 e. The Morgan fingerprint density at radius 1 is 1.33 bits per heavy atom. The van der Waals surface area contributed by atoms with E-state index in [-0.39, 0.29) is 0 Å². The number of aliphatic hydroxyl groups is 1. The summed E-state index contributed by atoms with van der Waals surface area (Å²) in [7, 11) is 0. The third kappa shape index (κ3) is 3.58. The molecule has 0 atom stereocenters. The number of thiophene rings is 2. The number of halogens is 2. The highest BCUT2D eigenvalue weighted by Gasteiger charge is 2.26. The van der Waals surface area contributed by atoms with E-state index in [2.05, 4.69) is 5.32 Å². The Morgan fingerprint density at radius 2 is 2.17 bits per heavy atom. The molecular formula is C12H13F2NOS2. The van der Waals surface area contributed by atoms with E-state index in [1.165, 1.54) is 4.88 Å². The van der Waals surface area contributed by atoms with Gasteiger partial charge in [0, 0.05) is 21.9 Å². The number of hydrogen-bond acceptors (Lipinski definition) is 4. The molecule has 2 nitrogen and oxygen atoms in total. The SMILES string of the molecule is OCC(F)(F)CNCc1cc(-c2cccs2)cs1. The molecule has 0 spiro atoms. The van der Waals surface area contributed by atoms with Crippen molar-refractivity contribution in [2.45, 2.75) is 12.5 Å². The molecule has 2 aromatic heterocycles. The third-order valence-electron chi connectivity index (χ3n) is 2.37. The highest BCUT2D eigenvalue weighted by atomic mass is 32.1. The Labute approximate surface area is 112 Å². The molecule has 2 N–H and O–H groups in total. The molecule has 0 aliphatic carbocycles. The van der Waals surface area contributed by atoms with Gasteiger partial charge in [-0.25, -0.2) is 8.78 Å². The fourth-order valence-electron chi connectivity index (χ4n) is 1.47. The molecule has 0 aromatic carbocycles. The fourth-order valence-corrected chi connectivity index (χ4v) is 3.11. The zero-order chi connectivity index (χ0) is 13.0. The molecule has 0 amide bonds. The van der Waals surface area contributed by atoms with Crippen molar-refractivity contribution < 1.29 is 13.9 Å². The second-order valence-corrected chi connectivity index (χ2v) is 5.84. The van der Waals surface area contributed by atoms with Gasteiger partial charge in [-0.15, -0.1) is 22.7 Å². The predicted molar refractivity (Wildman–Crippen MR) is 71.4 cm³/mol. The van der Waals surface area contributed by atoms with E-state index in [0.717, 1.165) is 10.4 Å². The summed E-state index contributed by atoms with van der Waals surface area (Å²) in [6, 6.07) is 6.02. The summed E-state index contributed by atoms with van der Waals surface area (Å²) >= 11 is 3.20. The molecule has 2 heterocycles. The molecule has 0 saturated heterocycles. The second-order valence-electron chi connectivity index (χ2n) is 3.90. The molecule has 0 bridgehead atoms. The number of nitrogens with one attached hydrogen (secondary N) is 1. The Balaban J connectivity index is 1.88. The van der Waals surface area contributed by atoms with Crippen LogP contribution in [0.25, 0.3) is 10.4 Å². The zero-order valence-electron chi connectivity index (χ0n) is 9.53. The molecular weight excluding hydrogens is 276 g/mol. The molecule has 0 saturated carbocycles. The summed E-state index contributed by atoms with van der Waals surface area (Å²) < 4.78 is 25.6. The summed E-state index contributed by atoms with van der Waals surface area (Å²) in [6.07, 6.45) is 0. The van der Waals surface area contributed by atoms with Crippen LogP contribution in [0.5, 0.6) is 0 Å². The topological polar surface area (TPSA) is 32.3 Å². The fraction of sp³-hybridized carbons (Fsp3) is 0.333. The average molecular weight is 289 g/mol. The maximum atomic E-state index is 12.8. The van der Waals surface area contributed by atoms with Gasteiger partial charge < -0.3 is 10.4 Å². The molecule has 2 rings (SSSR count). The quantitative estimate of drug-likeness (QED) is 0.856. The first-order valence-electron chi connectivity index (χ1n) is 5.41. The largest absolute Gasteiger partial charge is 0.390 e. The highest BCUT2D eigenvalue weighted by Crippen LogP contribution is 2.29. The van der Waals surface area contributed by atoms with E-state index in [4.69, 9.17) is 5.11 Å². The molecule has 98 valence electrons. The summed E-state index contributed by atoms with van der Waals surface area (Å²) in [4.78, 5) is 2.19. The van der Waals surface area contributed by atoms with Gasteiger partial charge in [-0.2, -0.15) is 0 Å². The zero-order valence-corrected chi connectivity index (χ0v) is 11.2. The maximum absolute atomic E-state index is 12.8. The lowest BCUT2D eigenvalue weighted by atomic mass is 10.2. The van der Waals surface area contributed by atoms with Crippen molar-refractivity contribution in [1.82, 2.24) is 5.32 Å². The van der Waals surface area contributed by atoms with Gasteiger partial charge in [-0.1, -0.05) is 6.07 Å². The lowest BCUT2D eigenvalue weighted by molar-refractivity contribution is -0.0477. The van der Waals surface area contributed by atoms with Crippen molar-refractivity contribution in [2.75, 3.05) is 13.2 Å². The van der Waals surface area contributed by atoms with Gasteiger partial charge in [0.2, 0.25) is 0 Å². The number of alkyl halides is 2. The first-order chi connectivity index (χ1) is 8.61. The smallest absolute Gasteiger partial charge is 0.282 e. The molecule has 0 aliphatic heterocycles. The molecule has 18 heavy (non-hydrogen) atoms. The first kappa shape index (κ1) is 13.6. The van der Waals surface area contributed by atoms with Crippen LogP contribution < -0.4 is 5.32 Å². The second kappa shape index (κ2) is 5.88. The minimum atomic E-state index is -3.05. The highest BCUT2D eigenvalue weighted by molar-refractivity contribution is 7.14. The van der Waals surface area contributed by atoms with Gasteiger partial charge in [-0.3, -0.25) is 0 Å². The van der Waals surface area contributed by atoms with E-state index in [9.17, 15) is 8.78 Å². The number of rotatable bonds is 6. The van der Waals surface area contributed by atoms with Gasteiger partial charge in [0.15, 0.2) is 0 Å². The van der Waals surface area contributed by atoms with Crippen molar-refractivity contribution >= 4 is 22.7 Å². The van der Waals surface area contributed by atoms with Crippen LogP contribution in [0.4, 0.5) is 8.78 Å². The Morgan fingerprint density at radius 3 is 2.83 bits per heavy atom. The van der Waals surface area contributed by atoms with Crippen LogP contribution in [-0.4, -0.2) is 24.2 Å². The molecule has 2 aromatic rings. The average Bonchev–Trinajstić information content (AvgIpc) is 2.98. The molecule has 0 aliphatic rings. The Hall–Kier alpha value is -0.820. The van der Waals surface area contributed by atoms with Gasteiger partial charge >= 0.3 is 0 Å². The monoisotopic (exact) mass is 289 g/mol. The van der Waals surface area contributed by atoms with Crippen molar-refractivity contribution in [2.24, 2.45) is 0 Å². The van der Waals surface area contributed by atoms with Crippen LogP contribution in [0.3, 0.4) is 0 Å². The number of aliphatic hydroxyl groups excluding tert-OH is 1. The van der Waals surface area contributed by atoms with Gasteiger partial charge in [0.1, 0.15) is 6.61 Å². The van der Waals surface area contributed by atoms with Crippen molar-refractivity contribution in [3.05, 3.63) is 33.8 Å². The van der Waals surface area contributed by atoms with Crippen LogP contribution in [0, 0.1) is 0 Å². The van der Waals surface area contributed by atoms with Crippen LogP contribution in [0.1, 0.15) is 4.88 Å². The van der Waals surface area contributed by atoms with E-state index in [1.54, 1.807) is 22.7 Å². The summed E-state index contributed by atoms with van der Waals surface area (Å²) in [6.45, 7) is -1.23.